The first-order valence-corrected chi connectivity index (χ1v) is 7.69. The van der Waals surface area contributed by atoms with Crippen molar-refractivity contribution in [3.05, 3.63) is 35.9 Å². The second kappa shape index (κ2) is 9.11. The van der Waals surface area contributed by atoms with Crippen molar-refractivity contribution in [2.24, 2.45) is 0 Å². The zero-order chi connectivity index (χ0) is 15.0. The number of benzene rings is 1. The van der Waals surface area contributed by atoms with Gasteiger partial charge in [-0.3, -0.25) is 0 Å². The number of nitrogens with one attached hydrogen (secondary N) is 1. The van der Waals surface area contributed by atoms with Gasteiger partial charge in [0.25, 0.3) is 0 Å². The molecule has 1 rings (SSSR count). The average Bonchev–Trinajstić information content (AvgIpc) is 2.46. The minimum Gasteiger partial charge on any atom is -0.390 e. The summed E-state index contributed by atoms with van der Waals surface area (Å²) in [5.41, 5.74) is 1.25. The lowest BCUT2D eigenvalue weighted by Crippen LogP contribution is -2.48. The van der Waals surface area contributed by atoms with Crippen LogP contribution in [0.25, 0.3) is 0 Å². The normalized spacial score (nSPS) is 16.1. The molecule has 114 valence electrons. The zero-order valence-corrected chi connectivity index (χ0v) is 13.2. The molecule has 0 aliphatic carbocycles. The van der Waals surface area contributed by atoms with Crippen molar-refractivity contribution in [1.82, 2.24) is 5.32 Å². The molecule has 0 aromatic heterocycles. The molecule has 1 aromatic rings. The lowest BCUT2D eigenvalue weighted by atomic mass is 10.0. The van der Waals surface area contributed by atoms with Crippen LogP contribution in [0.3, 0.4) is 0 Å². The van der Waals surface area contributed by atoms with E-state index in [9.17, 15) is 5.11 Å². The van der Waals surface area contributed by atoms with E-state index in [4.69, 9.17) is 4.74 Å². The van der Waals surface area contributed by atoms with Gasteiger partial charge in [0.2, 0.25) is 0 Å². The summed E-state index contributed by atoms with van der Waals surface area (Å²) in [6, 6.07) is 10.5. The molecule has 3 atom stereocenters. The molecule has 1 unspecified atom stereocenters. The number of aliphatic hydroxyl groups is 1. The van der Waals surface area contributed by atoms with Gasteiger partial charge in [-0.15, -0.1) is 0 Å². The highest BCUT2D eigenvalue weighted by Gasteiger charge is 2.27. The van der Waals surface area contributed by atoms with Crippen molar-refractivity contribution >= 4 is 0 Å². The molecule has 0 saturated carbocycles. The summed E-state index contributed by atoms with van der Waals surface area (Å²) in [5.74, 6) is 0. The topological polar surface area (TPSA) is 41.5 Å². The van der Waals surface area contributed by atoms with Crippen LogP contribution in [0, 0.1) is 0 Å². The van der Waals surface area contributed by atoms with E-state index < -0.39 is 6.10 Å². The predicted octanol–water partition coefficient (Wildman–Crippen LogP) is 3.12. The van der Waals surface area contributed by atoms with Crippen LogP contribution < -0.4 is 5.32 Å². The molecule has 0 heterocycles. The second-order valence-corrected chi connectivity index (χ2v) is 5.51. The number of rotatable bonds is 9. The van der Waals surface area contributed by atoms with Crippen molar-refractivity contribution < 1.29 is 9.84 Å². The Morgan fingerprint density at radius 2 is 1.75 bits per heavy atom. The monoisotopic (exact) mass is 279 g/mol. The molecule has 2 N–H and O–H groups in total. The van der Waals surface area contributed by atoms with E-state index in [2.05, 4.69) is 24.4 Å². The van der Waals surface area contributed by atoms with Crippen LogP contribution in [0.5, 0.6) is 0 Å². The molecule has 3 heteroatoms. The van der Waals surface area contributed by atoms with Gasteiger partial charge in [-0.1, -0.05) is 44.2 Å². The Morgan fingerprint density at radius 1 is 1.10 bits per heavy atom. The fourth-order valence-electron chi connectivity index (χ4n) is 2.34. The van der Waals surface area contributed by atoms with Gasteiger partial charge >= 0.3 is 0 Å². The third-order valence-electron chi connectivity index (χ3n) is 3.47. The molecule has 0 saturated heterocycles. The van der Waals surface area contributed by atoms with Crippen LogP contribution in [0.4, 0.5) is 0 Å². The third-order valence-corrected chi connectivity index (χ3v) is 3.47. The van der Waals surface area contributed by atoms with Gasteiger partial charge in [0, 0.05) is 12.6 Å². The first kappa shape index (κ1) is 17.2. The fraction of sp³-hybridized carbons (Fsp3) is 0.647. The quantitative estimate of drug-likeness (QED) is 0.730. The number of hydrogen-bond acceptors (Lipinski definition) is 3. The van der Waals surface area contributed by atoms with Crippen LogP contribution in [0.1, 0.15) is 46.1 Å². The Morgan fingerprint density at radius 3 is 2.25 bits per heavy atom. The lowest BCUT2D eigenvalue weighted by molar-refractivity contribution is -0.0838. The van der Waals surface area contributed by atoms with Crippen LogP contribution in [0.15, 0.2) is 30.3 Å². The highest BCUT2D eigenvalue weighted by molar-refractivity contribution is 5.14. The fourth-order valence-corrected chi connectivity index (χ4v) is 2.34. The first-order chi connectivity index (χ1) is 9.58. The standard InChI is InChI=1S/C17H29NO2/c1-5-15(17(16(19)6-2)20-13(3)4)18-12-14-10-8-7-9-11-14/h7-11,13,15-19H,5-6,12H2,1-4H3/t15?,16-,17+/m1/s1. The van der Waals surface area contributed by atoms with Crippen LogP contribution in [-0.2, 0) is 11.3 Å². The van der Waals surface area contributed by atoms with Crippen molar-refractivity contribution in [2.45, 2.75) is 71.4 Å². The molecule has 3 nitrogen and oxygen atoms in total. The average molecular weight is 279 g/mol. The molecule has 0 aliphatic heterocycles. The minimum absolute atomic E-state index is 0.119. The Hall–Kier alpha value is -0.900. The zero-order valence-electron chi connectivity index (χ0n) is 13.2. The number of ether oxygens (including phenoxy) is 1. The Kier molecular flexibility index (Phi) is 7.82. The molecular weight excluding hydrogens is 250 g/mol. The van der Waals surface area contributed by atoms with Gasteiger partial charge in [-0.05, 0) is 32.3 Å². The van der Waals surface area contributed by atoms with E-state index >= 15 is 0 Å². The van der Waals surface area contributed by atoms with Gasteiger partial charge in [0.05, 0.1) is 18.3 Å². The summed E-state index contributed by atoms with van der Waals surface area (Å²) in [6.07, 6.45) is 1.18. The van der Waals surface area contributed by atoms with Crippen molar-refractivity contribution in [2.75, 3.05) is 0 Å². The highest BCUT2D eigenvalue weighted by atomic mass is 16.5. The van der Waals surface area contributed by atoms with Crippen LogP contribution in [0.2, 0.25) is 0 Å². The van der Waals surface area contributed by atoms with E-state index in [1.54, 1.807) is 0 Å². The summed E-state index contributed by atoms with van der Waals surface area (Å²) in [5, 5.41) is 13.7. The van der Waals surface area contributed by atoms with E-state index in [1.165, 1.54) is 5.56 Å². The maximum atomic E-state index is 10.2. The summed E-state index contributed by atoms with van der Waals surface area (Å²) in [7, 11) is 0. The van der Waals surface area contributed by atoms with Crippen molar-refractivity contribution in [1.29, 1.82) is 0 Å². The van der Waals surface area contributed by atoms with E-state index in [1.807, 2.05) is 39.0 Å². The molecule has 0 radical (unpaired) electrons. The predicted molar refractivity (Wildman–Crippen MR) is 83.7 cm³/mol. The van der Waals surface area contributed by atoms with Gasteiger partial charge in [-0.2, -0.15) is 0 Å². The van der Waals surface area contributed by atoms with Crippen molar-refractivity contribution in [3.8, 4) is 0 Å². The molecule has 20 heavy (non-hydrogen) atoms. The van der Waals surface area contributed by atoms with E-state index in [0.29, 0.717) is 6.42 Å². The minimum atomic E-state index is -0.425. The number of aliphatic hydroxyl groups excluding tert-OH is 1. The van der Waals surface area contributed by atoms with E-state index in [-0.39, 0.29) is 18.2 Å². The van der Waals surface area contributed by atoms with Gasteiger partial charge in [-0.25, -0.2) is 0 Å². The summed E-state index contributed by atoms with van der Waals surface area (Å²) in [6.45, 7) is 8.94. The molecule has 0 bridgehead atoms. The Labute approximate surface area is 123 Å². The number of hydrogen-bond donors (Lipinski definition) is 2. The first-order valence-electron chi connectivity index (χ1n) is 7.69. The second-order valence-electron chi connectivity index (χ2n) is 5.51. The van der Waals surface area contributed by atoms with Crippen LogP contribution >= 0.6 is 0 Å². The van der Waals surface area contributed by atoms with Gasteiger partial charge < -0.3 is 15.2 Å². The summed E-state index contributed by atoms with van der Waals surface area (Å²) in [4.78, 5) is 0. The molecule has 0 spiro atoms. The molecular formula is C17H29NO2. The SMILES string of the molecule is CCC(NCc1ccccc1)[C@H](OC(C)C)[C@H](O)CC. The Bertz CT molecular complexity index is 353. The van der Waals surface area contributed by atoms with Crippen LogP contribution in [-0.4, -0.2) is 29.5 Å². The molecule has 1 aromatic carbocycles. The largest absolute Gasteiger partial charge is 0.390 e. The molecule has 0 amide bonds. The van der Waals surface area contributed by atoms with Crippen molar-refractivity contribution in [3.63, 3.8) is 0 Å². The lowest BCUT2D eigenvalue weighted by Gasteiger charge is -2.32. The summed E-state index contributed by atoms with van der Waals surface area (Å²) >= 11 is 0. The smallest absolute Gasteiger partial charge is 0.0989 e. The van der Waals surface area contributed by atoms with Gasteiger partial charge in [0.1, 0.15) is 0 Å². The van der Waals surface area contributed by atoms with Gasteiger partial charge in [0.15, 0.2) is 0 Å². The van der Waals surface area contributed by atoms with E-state index in [0.717, 1.165) is 13.0 Å². The highest BCUT2D eigenvalue weighted by Crippen LogP contribution is 2.14. The Balaban J connectivity index is 2.64. The molecule has 0 aliphatic rings. The maximum Gasteiger partial charge on any atom is 0.0989 e. The molecule has 0 fully saturated rings. The maximum absolute atomic E-state index is 10.2. The third kappa shape index (κ3) is 5.61. The summed E-state index contributed by atoms with van der Waals surface area (Å²) < 4.78 is 5.93.